The van der Waals surface area contributed by atoms with Gasteiger partial charge in [-0.15, -0.1) is 0 Å². The van der Waals surface area contributed by atoms with Crippen LogP contribution in [0.1, 0.15) is 23.5 Å². The average Bonchev–Trinajstić information content (AvgIpc) is 3.49. The number of nitro benzene ring substituents is 1. The summed E-state index contributed by atoms with van der Waals surface area (Å²) in [7, 11) is 1.56. The van der Waals surface area contributed by atoms with Gasteiger partial charge < -0.3 is 19.4 Å². The van der Waals surface area contributed by atoms with Crippen LogP contribution in [0, 0.1) is 10.1 Å². The summed E-state index contributed by atoms with van der Waals surface area (Å²) in [4.78, 5) is 17.3. The number of nitrogens with one attached hydrogen (secondary N) is 1. The molecule has 1 saturated heterocycles. The molecule has 0 bridgehead atoms. The van der Waals surface area contributed by atoms with E-state index in [2.05, 4.69) is 10.3 Å². The second kappa shape index (κ2) is 9.36. The van der Waals surface area contributed by atoms with Gasteiger partial charge in [0.15, 0.2) is 5.11 Å². The predicted octanol–water partition coefficient (Wildman–Crippen LogP) is 6.09. The number of thiocarbonyl (C=S) groups is 1. The van der Waals surface area contributed by atoms with Gasteiger partial charge in [-0.25, -0.2) is 0 Å². The fourth-order valence-corrected chi connectivity index (χ4v) is 4.76. The zero-order valence-corrected chi connectivity index (χ0v) is 20.0. The first-order valence-electron chi connectivity index (χ1n) is 10.6. The molecular formula is C25H19ClN4O4S. The Morgan fingerprint density at radius 2 is 2.00 bits per heavy atom. The SMILES string of the molecule is COc1ccc(N2C(=S)N[C@@H](c3ccccn3)[C@H]2c2ccc(-c3cccc([N+](=O)[O-])c3)o2)cc1Cl. The number of hydrogen-bond acceptors (Lipinski definition) is 6. The molecule has 0 aliphatic carbocycles. The number of methoxy groups -OCH3 is 1. The van der Waals surface area contributed by atoms with E-state index < -0.39 is 11.0 Å². The second-order valence-electron chi connectivity index (χ2n) is 7.82. The molecule has 35 heavy (non-hydrogen) atoms. The van der Waals surface area contributed by atoms with E-state index >= 15 is 0 Å². The Kier molecular flexibility index (Phi) is 6.10. The lowest BCUT2D eigenvalue weighted by molar-refractivity contribution is -0.384. The van der Waals surface area contributed by atoms with E-state index in [1.165, 1.54) is 12.1 Å². The van der Waals surface area contributed by atoms with Crippen LogP contribution >= 0.6 is 23.8 Å². The van der Waals surface area contributed by atoms with Crippen molar-refractivity contribution in [3.05, 3.63) is 106 Å². The summed E-state index contributed by atoms with van der Waals surface area (Å²) in [6, 6.07) is 20.4. The number of hydrogen-bond donors (Lipinski definition) is 1. The maximum absolute atomic E-state index is 11.2. The normalized spacial score (nSPS) is 17.3. The Bertz CT molecular complexity index is 1410. The van der Waals surface area contributed by atoms with Crippen molar-refractivity contribution in [1.29, 1.82) is 0 Å². The summed E-state index contributed by atoms with van der Waals surface area (Å²) >= 11 is 12.1. The minimum absolute atomic E-state index is 0.00924. The van der Waals surface area contributed by atoms with E-state index in [-0.39, 0.29) is 11.7 Å². The summed E-state index contributed by atoms with van der Waals surface area (Å²) < 4.78 is 11.6. The first-order chi connectivity index (χ1) is 17.0. The summed E-state index contributed by atoms with van der Waals surface area (Å²) in [5.41, 5.74) is 2.14. The number of benzene rings is 2. The van der Waals surface area contributed by atoms with E-state index in [1.54, 1.807) is 43.6 Å². The molecule has 1 aliphatic heterocycles. The number of non-ortho nitro benzene ring substituents is 1. The Labute approximate surface area is 211 Å². The van der Waals surface area contributed by atoms with Gasteiger partial charge in [0.1, 0.15) is 23.3 Å². The number of aromatic nitrogens is 1. The van der Waals surface area contributed by atoms with Crippen LogP contribution < -0.4 is 15.0 Å². The third-order valence-electron chi connectivity index (χ3n) is 5.77. The average molecular weight is 507 g/mol. The Morgan fingerprint density at radius 3 is 2.71 bits per heavy atom. The molecule has 3 heterocycles. The number of rotatable bonds is 6. The molecular weight excluding hydrogens is 488 g/mol. The molecule has 5 rings (SSSR count). The summed E-state index contributed by atoms with van der Waals surface area (Å²) in [6.45, 7) is 0. The lowest BCUT2D eigenvalue weighted by Crippen LogP contribution is -2.29. The van der Waals surface area contributed by atoms with Gasteiger partial charge in [-0.1, -0.05) is 29.8 Å². The van der Waals surface area contributed by atoms with Gasteiger partial charge in [-0.3, -0.25) is 15.1 Å². The van der Waals surface area contributed by atoms with Crippen molar-refractivity contribution in [3.63, 3.8) is 0 Å². The minimum atomic E-state index is -0.432. The van der Waals surface area contributed by atoms with Gasteiger partial charge in [0.2, 0.25) is 0 Å². The molecule has 1 fully saturated rings. The van der Waals surface area contributed by atoms with Crippen LogP contribution in [0.15, 0.2) is 83.4 Å². The van der Waals surface area contributed by atoms with E-state index in [0.29, 0.717) is 33.0 Å². The number of halogens is 1. The fourth-order valence-electron chi connectivity index (χ4n) is 4.17. The number of nitrogens with zero attached hydrogens (tertiary/aromatic N) is 3. The Balaban J connectivity index is 1.59. The maximum atomic E-state index is 11.2. The van der Waals surface area contributed by atoms with Crippen molar-refractivity contribution in [2.45, 2.75) is 12.1 Å². The number of pyridine rings is 1. The molecule has 0 spiro atoms. The third-order valence-corrected chi connectivity index (χ3v) is 6.38. The monoisotopic (exact) mass is 506 g/mol. The van der Waals surface area contributed by atoms with Gasteiger partial charge in [0, 0.05) is 29.6 Å². The largest absolute Gasteiger partial charge is 0.495 e. The first-order valence-corrected chi connectivity index (χ1v) is 11.4. The van der Waals surface area contributed by atoms with E-state index in [4.69, 9.17) is 33.0 Å². The fraction of sp³-hybridized carbons (Fsp3) is 0.120. The van der Waals surface area contributed by atoms with Gasteiger partial charge >= 0.3 is 0 Å². The van der Waals surface area contributed by atoms with Crippen molar-refractivity contribution in [1.82, 2.24) is 10.3 Å². The Hall–Kier alpha value is -3.95. The molecule has 0 radical (unpaired) electrons. The van der Waals surface area contributed by atoms with Crippen LogP contribution in [0.5, 0.6) is 5.75 Å². The zero-order chi connectivity index (χ0) is 24.5. The molecule has 0 unspecified atom stereocenters. The van der Waals surface area contributed by atoms with Crippen LogP contribution in [-0.4, -0.2) is 22.1 Å². The van der Waals surface area contributed by atoms with Gasteiger partial charge in [-0.2, -0.15) is 0 Å². The Morgan fingerprint density at radius 1 is 1.14 bits per heavy atom. The van der Waals surface area contributed by atoms with Gasteiger partial charge in [-0.05, 0) is 54.7 Å². The maximum Gasteiger partial charge on any atom is 0.270 e. The summed E-state index contributed by atoms with van der Waals surface area (Å²) in [5.74, 6) is 1.67. The number of furan rings is 1. The van der Waals surface area contributed by atoms with Crippen molar-refractivity contribution in [2.24, 2.45) is 0 Å². The molecule has 1 aliphatic rings. The highest BCUT2D eigenvalue weighted by Gasteiger charge is 2.42. The quantitative estimate of drug-likeness (QED) is 0.191. The molecule has 176 valence electrons. The van der Waals surface area contributed by atoms with E-state index in [0.717, 1.165) is 11.4 Å². The molecule has 2 aromatic carbocycles. The summed E-state index contributed by atoms with van der Waals surface area (Å²) in [6.07, 6.45) is 1.72. The molecule has 0 amide bonds. The van der Waals surface area contributed by atoms with E-state index in [1.807, 2.05) is 35.2 Å². The second-order valence-corrected chi connectivity index (χ2v) is 8.62. The number of nitro groups is 1. The highest BCUT2D eigenvalue weighted by molar-refractivity contribution is 7.80. The lowest BCUT2D eigenvalue weighted by Gasteiger charge is -2.26. The van der Waals surface area contributed by atoms with Crippen molar-refractivity contribution >= 4 is 40.3 Å². The topological polar surface area (TPSA) is 93.7 Å². The van der Waals surface area contributed by atoms with Crippen molar-refractivity contribution in [2.75, 3.05) is 12.0 Å². The van der Waals surface area contributed by atoms with Gasteiger partial charge in [0.05, 0.1) is 28.8 Å². The van der Waals surface area contributed by atoms with Crippen LogP contribution in [0.2, 0.25) is 5.02 Å². The van der Waals surface area contributed by atoms with Crippen molar-refractivity contribution < 1.29 is 14.1 Å². The van der Waals surface area contributed by atoms with Crippen LogP contribution in [0.3, 0.4) is 0 Å². The molecule has 2 atom stereocenters. The highest BCUT2D eigenvalue weighted by atomic mass is 35.5. The number of ether oxygens (including phenoxy) is 1. The molecule has 0 saturated carbocycles. The summed E-state index contributed by atoms with van der Waals surface area (Å²) in [5, 5.41) is 15.5. The molecule has 2 aromatic heterocycles. The standard InChI is InChI=1S/C25H19ClN4O4S/c1-33-21-9-8-16(14-18(21)26)29-24(23(28-25(29)35)19-7-2-3-12-27-19)22-11-10-20(34-22)15-5-4-6-17(13-15)30(31)32/h2-14,23-24H,1H3,(H,28,35)/t23-,24+/m0/s1. The van der Waals surface area contributed by atoms with E-state index in [9.17, 15) is 10.1 Å². The molecule has 4 aromatic rings. The minimum Gasteiger partial charge on any atom is -0.495 e. The van der Waals surface area contributed by atoms with Gasteiger partial charge in [0.25, 0.3) is 5.69 Å². The third kappa shape index (κ3) is 4.31. The zero-order valence-electron chi connectivity index (χ0n) is 18.4. The highest BCUT2D eigenvalue weighted by Crippen LogP contribution is 2.44. The molecule has 1 N–H and O–H groups in total. The number of anilines is 1. The smallest absolute Gasteiger partial charge is 0.270 e. The van der Waals surface area contributed by atoms with Crippen molar-refractivity contribution in [3.8, 4) is 17.1 Å². The molecule has 10 heteroatoms. The molecule has 8 nitrogen and oxygen atoms in total. The first kappa shape index (κ1) is 22.8. The van der Waals surface area contributed by atoms with Crippen LogP contribution in [0.4, 0.5) is 11.4 Å². The predicted molar refractivity (Wildman–Crippen MR) is 137 cm³/mol. The van der Waals surface area contributed by atoms with Crippen LogP contribution in [0.25, 0.3) is 11.3 Å². The lowest BCUT2D eigenvalue weighted by atomic mass is 10.0. The van der Waals surface area contributed by atoms with Crippen LogP contribution in [-0.2, 0) is 0 Å².